The fourth-order valence-electron chi connectivity index (χ4n) is 3.31. The van der Waals surface area contributed by atoms with Crippen LogP contribution in [0.1, 0.15) is 49.4 Å². The van der Waals surface area contributed by atoms with E-state index in [0.717, 1.165) is 11.3 Å². The Bertz CT molecular complexity index is 481. The molecule has 1 aromatic carbocycles. The zero-order valence-electron chi connectivity index (χ0n) is 13.4. The number of methoxy groups -OCH3 is 3. The van der Waals surface area contributed by atoms with Crippen LogP contribution in [0.4, 0.5) is 0 Å². The molecule has 1 fully saturated rings. The van der Waals surface area contributed by atoms with Crippen molar-refractivity contribution < 1.29 is 14.2 Å². The van der Waals surface area contributed by atoms with Crippen molar-refractivity contribution in [3.63, 3.8) is 0 Å². The number of halogens is 1. The molecular weight excluding hydrogens is 332 g/mol. The molecule has 1 aliphatic rings. The zero-order chi connectivity index (χ0) is 15.5. The maximum absolute atomic E-state index is 5.63. The highest BCUT2D eigenvalue weighted by molar-refractivity contribution is 9.09. The first kappa shape index (κ1) is 16.5. The van der Waals surface area contributed by atoms with Crippen LogP contribution < -0.4 is 14.2 Å². The van der Waals surface area contributed by atoms with E-state index in [1.54, 1.807) is 21.3 Å². The summed E-state index contributed by atoms with van der Waals surface area (Å²) in [5.74, 6) is 2.14. The lowest BCUT2D eigenvalue weighted by Crippen LogP contribution is -2.25. The van der Waals surface area contributed by atoms with Gasteiger partial charge < -0.3 is 14.2 Å². The summed E-state index contributed by atoms with van der Waals surface area (Å²) in [6, 6.07) is 4.04. The van der Waals surface area contributed by atoms with Gasteiger partial charge in [0.25, 0.3) is 0 Å². The number of alkyl halides is 1. The Morgan fingerprint density at radius 1 is 0.952 bits per heavy atom. The molecule has 1 saturated carbocycles. The lowest BCUT2D eigenvalue weighted by Gasteiger charge is -2.38. The van der Waals surface area contributed by atoms with Gasteiger partial charge in [0.2, 0.25) is 5.75 Å². The summed E-state index contributed by atoms with van der Waals surface area (Å²) in [7, 11) is 4.98. The van der Waals surface area contributed by atoms with Crippen LogP contribution in [0.15, 0.2) is 12.1 Å². The Balaban J connectivity index is 2.42. The van der Waals surface area contributed by atoms with Crippen LogP contribution in [0.25, 0.3) is 0 Å². The Morgan fingerprint density at radius 3 is 2.10 bits per heavy atom. The van der Waals surface area contributed by atoms with Crippen molar-refractivity contribution in [3.05, 3.63) is 17.7 Å². The summed E-state index contributed by atoms with van der Waals surface area (Å²) in [5.41, 5.74) is 1.39. The Kier molecular flexibility index (Phi) is 5.42. The van der Waals surface area contributed by atoms with E-state index in [0.29, 0.717) is 11.5 Å². The van der Waals surface area contributed by atoms with Crippen LogP contribution in [-0.2, 0) is 0 Å². The average Bonchev–Trinajstić information content (AvgIpc) is 2.53. The van der Waals surface area contributed by atoms with Crippen molar-refractivity contribution in [3.8, 4) is 17.2 Å². The van der Waals surface area contributed by atoms with Crippen molar-refractivity contribution in [2.75, 3.05) is 21.3 Å². The highest BCUT2D eigenvalue weighted by atomic mass is 79.9. The smallest absolute Gasteiger partial charge is 0.203 e. The fourth-order valence-corrected chi connectivity index (χ4v) is 4.13. The van der Waals surface area contributed by atoms with Gasteiger partial charge in [0.05, 0.1) is 21.3 Å². The summed E-state index contributed by atoms with van der Waals surface area (Å²) in [4.78, 5) is 0.250. The third kappa shape index (κ3) is 3.15. The number of hydrogen-bond acceptors (Lipinski definition) is 3. The topological polar surface area (TPSA) is 27.7 Å². The minimum atomic E-state index is 0.250. The van der Waals surface area contributed by atoms with E-state index in [4.69, 9.17) is 14.2 Å². The molecule has 0 spiro atoms. The molecular formula is C17H25BrO3. The van der Waals surface area contributed by atoms with Gasteiger partial charge in [-0.15, -0.1) is 0 Å². The Labute approximate surface area is 136 Å². The summed E-state index contributed by atoms with van der Waals surface area (Å²) < 4.78 is 16.5. The van der Waals surface area contributed by atoms with E-state index < -0.39 is 0 Å². The molecule has 0 bridgehead atoms. The quantitative estimate of drug-likeness (QED) is 0.685. The first-order valence-electron chi connectivity index (χ1n) is 7.50. The van der Waals surface area contributed by atoms with Gasteiger partial charge in [0.1, 0.15) is 0 Å². The van der Waals surface area contributed by atoms with E-state index in [2.05, 4.69) is 28.9 Å². The van der Waals surface area contributed by atoms with Crippen LogP contribution in [0.2, 0.25) is 0 Å². The number of benzene rings is 1. The van der Waals surface area contributed by atoms with Gasteiger partial charge in [-0.3, -0.25) is 0 Å². The van der Waals surface area contributed by atoms with E-state index >= 15 is 0 Å². The summed E-state index contributed by atoms with van der Waals surface area (Å²) >= 11 is 3.93. The molecule has 1 atom stereocenters. The zero-order valence-corrected chi connectivity index (χ0v) is 15.0. The molecule has 3 nitrogen and oxygen atoms in total. The second-order valence-electron chi connectivity index (χ2n) is 6.00. The molecule has 21 heavy (non-hydrogen) atoms. The van der Waals surface area contributed by atoms with E-state index in [9.17, 15) is 0 Å². The second kappa shape index (κ2) is 6.91. The highest BCUT2D eigenvalue weighted by Gasteiger charge is 2.37. The number of ether oxygens (including phenoxy) is 3. The lowest BCUT2D eigenvalue weighted by molar-refractivity contribution is 0.209. The molecule has 4 heteroatoms. The molecule has 0 aromatic heterocycles. The van der Waals surface area contributed by atoms with Gasteiger partial charge in [0.15, 0.2) is 11.5 Å². The lowest BCUT2D eigenvalue weighted by atomic mass is 9.71. The van der Waals surface area contributed by atoms with E-state index in [1.165, 1.54) is 32.1 Å². The van der Waals surface area contributed by atoms with Crippen molar-refractivity contribution in [1.82, 2.24) is 0 Å². The summed E-state index contributed by atoms with van der Waals surface area (Å²) in [6.07, 6.45) is 6.42. The van der Waals surface area contributed by atoms with Crippen LogP contribution in [0.5, 0.6) is 17.2 Å². The predicted molar refractivity (Wildman–Crippen MR) is 89.0 cm³/mol. The Morgan fingerprint density at radius 2 is 1.57 bits per heavy atom. The average molecular weight is 357 g/mol. The minimum absolute atomic E-state index is 0.250. The third-order valence-electron chi connectivity index (χ3n) is 4.62. The first-order chi connectivity index (χ1) is 10.1. The standard InChI is InChI=1S/C17H25BrO3/c1-17(10-6-5-7-11-17)16(18)12-8-9-13(19-2)15(21-4)14(12)20-3/h8-9,16H,5-7,10-11H2,1-4H3. The molecule has 2 rings (SSSR count). The van der Waals surface area contributed by atoms with E-state index in [1.807, 2.05) is 6.07 Å². The molecule has 0 amide bonds. The molecule has 0 saturated heterocycles. The monoisotopic (exact) mass is 356 g/mol. The second-order valence-corrected chi connectivity index (χ2v) is 6.92. The van der Waals surface area contributed by atoms with Gasteiger partial charge in [-0.2, -0.15) is 0 Å². The third-order valence-corrected chi connectivity index (χ3v) is 6.21. The molecule has 0 N–H and O–H groups in total. The molecule has 0 heterocycles. The first-order valence-corrected chi connectivity index (χ1v) is 8.42. The molecule has 118 valence electrons. The fraction of sp³-hybridized carbons (Fsp3) is 0.647. The Hall–Kier alpha value is -0.900. The van der Waals surface area contributed by atoms with Crippen molar-refractivity contribution in [2.24, 2.45) is 5.41 Å². The van der Waals surface area contributed by atoms with Gasteiger partial charge in [-0.25, -0.2) is 0 Å². The molecule has 0 aliphatic heterocycles. The maximum atomic E-state index is 5.63. The van der Waals surface area contributed by atoms with Crippen LogP contribution in [0.3, 0.4) is 0 Å². The van der Waals surface area contributed by atoms with Crippen LogP contribution in [0, 0.1) is 5.41 Å². The summed E-state index contributed by atoms with van der Waals surface area (Å²) in [5, 5.41) is 0. The highest BCUT2D eigenvalue weighted by Crippen LogP contribution is 2.54. The van der Waals surface area contributed by atoms with Crippen molar-refractivity contribution in [1.29, 1.82) is 0 Å². The largest absolute Gasteiger partial charge is 0.493 e. The minimum Gasteiger partial charge on any atom is -0.493 e. The number of hydrogen-bond donors (Lipinski definition) is 0. The van der Waals surface area contributed by atoms with Crippen LogP contribution >= 0.6 is 15.9 Å². The SMILES string of the molecule is COc1ccc(C(Br)C2(C)CCCCC2)c(OC)c1OC. The maximum Gasteiger partial charge on any atom is 0.203 e. The normalized spacial score (nSPS) is 18.9. The molecule has 1 aromatic rings. The molecule has 1 aliphatic carbocycles. The van der Waals surface area contributed by atoms with Crippen molar-refractivity contribution in [2.45, 2.75) is 43.9 Å². The summed E-state index contributed by atoms with van der Waals surface area (Å²) in [6.45, 7) is 2.36. The van der Waals surface area contributed by atoms with Crippen LogP contribution in [-0.4, -0.2) is 21.3 Å². The predicted octanol–water partition coefficient (Wildman–Crippen LogP) is 5.12. The van der Waals surface area contributed by atoms with Gasteiger partial charge in [0, 0.05) is 10.4 Å². The van der Waals surface area contributed by atoms with Gasteiger partial charge in [-0.05, 0) is 24.3 Å². The molecule has 0 radical (unpaired) electrons. The van der Waals surface area contributed by atoms with Gasteiger partial charge >= 0.3 is 0 Å². The molecule has 1 unspecified atom stereocenters. The number of rotatable bonds is 5. The van der Waals surface area contributed by atoms with Crippen molar-refractivity contribution >= 4 is 15.9 Å². The van der Waals surface area contributed by atoms with E-state index in [-0.39, 0.29) is 10.2 Å². The van der Waals surface area contributed by atoms with Gasteiger partial charge in [-0.1, -0.05) is 48.2 Å².